The fourth-order valence-electron chi connectivity index (χ4n) is 2.87. The summed E-state index contributed by atoms with van der Waals surface area (Å²) >= 11 is 0. The van der Waals surface area contributed by atoms with Crippen LogP contribution in [0.25, 0.3) is 0 Å². The number of carbonyl (C=O) groups excluding carboxylic acids is 1. The van der Waals surface area contributed by atoms with E-state index >= 15 is 0 Å². The minimum atomic E-state index is 0.00626. The van der Waals surface area contributed by atoms with Crippen LogP contribution < -0.4 is 5.73 Å². The van der Waals surface area contributed by atoms with E-state index in [-0.39, 0.29) is 23.9 Å². The molecular weight excluding hydrogens is 228 g/mol. The molecule has 1 fully saturated rings. The summed E-state index contributed by atoms with van der Waals surface area (Å²) in [5.41, 5.74) is 6.17. The Morgan fingerprint density at radius 1 is 1.39 bits per heavy atom. The Labute approximate surface area is 111 Å². The van der Waals surface area contributed by atoms with Crippen molar-refractivity contribution in [2.45, 2.75) is 58.0 Å². The fraction of sp³-hybridized carbons (Fsp3) is 0.929. The topological polar surface area (TPSA) is 55.6 Å². The van der Waals surface area contributed by atoms with Gasteiger partial charge >= 0.3 is 0 Å². The third kappa shape index (κ3) is 3.95. The highest BCUT2D eigenvalue weighted by molar-refractivity contribution is 5.80. The zero-order valence-electron chi connectivity index (χ0n) is 12.0. The molecule has 4 nitrogen and oxygen atoms in total. The quantitative estimate of drug-likeness (QED) is 0.763. The van der Waals surface area contributed by atoms with Crippen LogP contribution in [0.3, 0.4) is 0 Å². The molecule has 1 aliphatic carbocycles. The molecule has 0 aromatic heterocycles. The van der Waals surface area contributed by atoms with Crippen LogP contribution in [0.4, 0.5) is 0 Å². The zero-order chi connectivity index (χ0) is 13.5. The normalized spacial score (nSPS) is 26.4. The first-order chi connectivity index (χ1) is 8.61. The van der Waals surface area contributed by atoms with Crippen LogP contribution in [0.1, 0.15) is 46.0 Å². The number of methoxy groups -OCH3 is 1. The van der Waals surface area contributed by atoms with Crippen molar-refractivity contribution >= 4 is 5.91 Å². The molecule has 18 heavy (non-hydrogen) atoms. The maximum Gasteiger partial charge on any atom is 0.227 e. The van der Waals surface area contributed by atoms with Gasteiger partial charge in [0, 0.05) is 19.7 Å². The predicted octanol–water partition coefficient (Wildman–Crippen LogP) is 1.78. The summed E-state index contributed by atoms with van der Waals surface area (Å²) in [6, 6.07) is 0.159. The van der Waals surface area contributed by atoms with Crippen molar-refractivity contribution in [3.8, 4) is 0 Å². The molecular formula is C14H28N2O2. The van der Waals surface area contributed by atoms with Gasteiger partial charge in [-0.3, -0.25) is 4.79 Å². The van der Waals surface area contributed by atoms with Gasteiger partial charge in [-0.1, -0.05) is 19.3 Å². The summed E-state index contributed by atoms with van der Waals surface area (Å²) < 4.78 is 5.15. The standard InChI is InChI=1S/C14H28N2O2/c1-4-16(11(2)10-18-3)14(17)12-8-6-5-7-9-13(12)15/h11-13H,4-10,15H2,1-3H3. The summed E-state index contributed by atoms with van der Waals surface area (Å²) in [7, 11) is 1.67. The average molecular weight is 256 g/mol. The maximum atomic E-state index is 12.6. The van der Waals surface area contributed by atoms with Crippen LogP contribution in [0, 0.1) is 5.92 Å². The van der Waals surface area contributed by atoms with Gasteiger partial charge in [-0.2, -0.15) is 0 Å². The predicted molar refractivity (Wildman–Crippen MR) is 73.3 cm³/mol. The monoisotopic (exact) mass is 256 g/mol. The third-order valence-electron chi connectivity index (χ3n) is 3.95. The Balaban J connectivity index is 2.68. The summed E-state index contributed by atoms with van der Waals surface area (Å²) in [5, 5.41) is 0. The van der Waals surface area contributed by atoms with Crippen LogP contribution in [-0.4, -0.2) is 43.2 Å². The first-order valence-electron chi connectivity index (χ1n) is 7.16. The summed E-state index contributed by atoms with van der Waals surface area (Å²) in [6.07, 6.45) is 5.41. The van der Waals surface area contributed by atoms with Gasteiger partial charge in [-0.15, -0.1) is 0 Å². The lowest BCUT2D eigenvalue weighted by molar-refractivity contribution is -0.139. The first kappa shape index (κ1) is 15.4. The van der Waals surface area contributed by atoms with Crippen LogP contribution in [0.5, 0.6) is 0 Å². The Kier molecular flexibility index (Phi) is 6.65. The van der Waals surface area contributed by atoms with Gasteiger partial charge in [0.25, 0.3) is 0 Å². The van der Waals surface area contributed by atoms with Crippen molar-refractivity contribution in [3.05, 3.63) is 0 Å². The largest absolute Gasteiger partial charge is 0.383 e. The molecule has 0 aromatic rings. The summed E-state index contributed by atoms with van der Waals surface area (Å²) in [4.78, 5) is 14.5. The fourth-order valence-corrected chi connectivity index (χ4v) is 2.87. The molecule has 0 aromatic carbocycles. The number of rotatable bonds is 5. The van der Waals surface area contributed by atoms with Gasteiger partial charge in [-0.25, -0.2) is 0 Å². The van der Waals surface area contributed by atoms with E-state index < -0.39 is 0 Å². The van der Waals surface area contributed by atoms with Crippen LogP contribution in [0.2, 0.25) is 0 Å². The van der Waals surface area contributed by atoms with Gasteiger partial charge in [0.05, 0.1) is 18.6 Å². The van der Waals surface area contributed by atoms with E-state index in [0.717, 1.165) is 32.2 Å². The second-order valence-corrected chi connectivity index (χ2v) is 5.34. The maximum absolute atomic E-state index is 12.6. The van der Waals surface area contributed by atoms with E-state index in [0.29, 0.717) is 6.61 Å². The number of nitrogens with two attached hydrogens (primary N) is 1. The highest BCUT2D eigenvalue weighted by Crippen LogP contribution is 2.24. The van der Waals surface area contributed by atoms with Gasteiger partial charge in [0.2, 0.25) is 5.91 Å². The second-order valence-electron chi connectivity index (χ2n) is 5.34. The van der Waals surface area contributed by atoms with Crippen molar-refractivity contribution in [2.24, 2.45) is 11.7 Å². The number of nitrogens with zero attached hydrogens (tertiary/aromatic N) is 1. The Morgan fingerprint density at radius 2 is 2.06 bits per heavy atom. The molecule has 1 amide bonds. The lowest BCUT2D eigenvalue weighted by atomic mass is 9.93. The highest BCUT2D eigenvalue weighted by Gasteiger charge is 2.31. The Hall–Kier alpha value is -0.610. The second kappa shape index (κ2) is 7.74. The number of hydrogen-bond acceptors (Lipinski definition) is 3. The van der Waals surface area contributed by atoms with Gasteiger partial charge in [0.15, 0.2) is 0 Å². The van der Waals surface area contributed by atoms with Crippen molar-refractivity contribution in [3.63, 3.8) is 0 Å². The molecule has 1 saturated carbocycles. The average Bonchev–Trinajstić information content (AvgIpc) is 2.55. The van der Waals surface area contributed by atoms with E-state index in [2.05, 4.69) is 0 Å². The van der Waals surface area contributed by atoms with Crippen LogP contribution in [-0.2, 0) is 9.53 Å². The summed E-state index contributed by atoms with van der Waals surface area (Å²) in [5.74, 6) is 0.225. The van der Waals surface area contributed by atoms with E-state index in [1.54, 1.807) is 7.11 Å². The van der Waals surface area contributed by atoms with E-state index in [1.807, 2.05) is 18.7 Å². The molecule has 2 N–H and O–H groups in total. The molecule has 3 atom stereocenters. The SMILES string of the molecule is CCN(C(=O)C1CCCCCC1N)C(C)COC. The van der Waals surface area contributed by atoms with Crippen molar-refractivity contribution < 1.29 is 9.53 Å². The first-order valence-corrected chi connectivity index (χ1v) is 7.16. The molecule has 0 aliphatic heterocycles. The van der Waals surface area contributed by atoms with Crippen molar-refractivity contribution in [1.29, 1.82) is 0 Å². The van der Waals surface area contributed by atoms with Crippen LogP contribution in [0.15, 0.2) is 0 Å². The number of ether oxygens (including phenoxy) is 1. The Morgan fingerprint density at radius 3 is 2.67 bits per heavy atom. The molecule has 1 aliphatic rings. The lowest BCUT2D eigenvalue weighted by Gasteiger charge is -2.32. The zero-order valence-corrected chi connectivity index (χ0v) is 12.0. The lowest BCUT2D eigenvalue weighted by Crippen LogP contribution is -2.48. The smallest absolute Gasteiger partial charge is 0.227 e. The van der Waals surface area contributed by atoms with Gasteiger partial charge in [-0.05, 0) is 26.7 Å². The molecule has 0 spiro atoms. The molecule has 4 heteroatoms. The molecule has 0 saturated heterocycles. The molecule has 106 valence electrons. The third-order valence-corrected chi connectivity index (χ3v) is 3.95. The Bertz CT molecular complexity index is 258. The number of carbonyl (C=O) groups is 1. The molecule has 0 bridgehead atoms. The van der Waals surface area contributed by atoms with Gasteiger partial charge in [0.1, 0.15) is 0 Å². The van der Waals surface area contributed by atoms with E-state index in [4.69, 9.17) is 10.5 Å². The van der Waals surface area contributed by atoms with Crippen molar-refractivity contribution in [1.82, 2.24) is 4.90 Å². The summed E-state index contributed by atoms with van der Waals surface area (Å²) in [6.45, 7) is 5.37. The van der Waals surface area contributed by atoms with E-state index in [1.165, 1.54) is 6.42 Å². The minimum Gasteiger partial charge on any atom is -0.383 e. The highest BCUT2D eigenvalue weighted by atomic mass is 16.5. The van der Waals surface area contributed by atoms with E-state index in [9.17, 15) is 4.79 Å². The van der Waals surface area contributed by atoms with Gasteiger partial charge < -0.3 is 15.4 Å². The molecule has 0 heterocycles. The number of likely N-dealkylation sites (N-methyl/N-ethyl adjacent to an activating group) is 1. The molecule has 0 radical (unpaired) electrons. The number of hydrogen-bond donors (Lipinski definition) is 1. The molecule has 3 unspecified atom stereocenters. The van der Waals surface area contributed by atoms with Crippen LogP contribution >= 0.6 is 0 Å². The van der Waals surface area contributed by atoms with Crippen molar-refractivity contribution in [2.75, 3.05) is 20.3 Å². The minimum absolute atomic E-state index is 0.00626. The number of amides is 1. The molecule has 1 rings (SSSR count).